The molecule has 1 unspecified atom stereocenters. The first-order valence-electron chi connectivity index (χ1n) is 5.77. The van der Waals surface area contributed by atoms with Gasteiger partial charge in [-0.15, -0.1) is 0 Å². The van der Waals surface area contributed by atoms with Gasteiger partial charge < -0.3 is 10.2 Å². The van der Waals surface area contributed by atoms with Gasteiger partial charge in [0.25, 0.3) is 0 Å². The molecule has 1 N–H and O–H groups in total. The first kappa shape index (κ1) is 12.7. The molecule has 0 aromatic rings. The maximum absolute atomic E-state index is 11.9. The molecule has 1 aliphatic carbocycles. The topological polar surface area (TPSA) is 32.3 Å². The molecule has 0 aromatic heterocycles. The molecular weight excluding hydrogens is 233 g/mol. The highest BCUT2D eigenvalue weighted by molar-refractivity contribution is 5.78. The number of likely N-dealkylation sites (tertiary alicyclic amines) is 1. The predicted octanol–water partition coefficient (Wildman–Crippen LogP) is 1.25. The van der Waals surface area contributed by atoms with Gasteiger partial charge in [0.2, 0.25) is 5.91 Å². The summed E-state index contributed by atoms with van der Waals surface area (Å²) >= 11 is 0. The Kier molecular flexibility index (Phi) is 2.88. The van der Waals surface area contributed by atoms with Crippen molar-refractivity contribution >= 4 is 5.91 Å². The minimum absolute atomic E-state index is 0.223. The van der Waals surface area contributed by atoms with Crippen LogP contribution in [0.2, 0.25) is 0 Å². The molecule has 0 radical (unpaired) electrons. The molecule has 0 bridgehead atoms. The summed E-state index contributed by atoms with van der Waals surface area (Å²) in [6, 6.07) is 0. The standard InChI is InChI=1S/C11H17F3N2O/c1-10(2)7-4-16(5-8(7)10)9(17)3-15-6-11(12,13)14/h7-8,15H,3-6H2,1-2H3/t7-,8?/m0/s1. The van der Waals surface area contributed by atoms with Gasteiger partial charge in [0.1, 0.15) is 0 Å². The zero-order chi connectivity index (χ0) is 12.8. The normalized spacial score (nSPS) is 30.3. The van der Waals surface area contributed by atoms with Gasteiger partial charge in [-0.2, -0.15) is 13.2 Å². The summed E-state index contributed by atoms with van der Waals surface area (Å²) in [6.07, 6.45) is -4.25. The van der Waals surface area contributed by atoms with Crippen LogP contribution in [-0.2, 0) is 4.79 Å². The van der Waals surface area contributed by atoms with E-state index in [4.69, 9.17) is 0 Å². The summed E-state index contributed by atoms with van der Waals surface area (Å²) < 4.78 is 35.6. The minimum Gasteiger partial charge on any atom is -0.341 e. The highest BCUT2D eigenvalue weighted by Crippen LogP contribution is 2.61. The van der Waals surface area contributed by atoms with Crippen LogP contribution in [0.15, 0.2) is 0 Å². The Hall–Kier alpha value is -0.780. The van der Waals surface area contributed by atoms with Crippen molar-refractivity contribution in [3.63, 3.8) is 0 Å². The van der Waals surface area contributed by atoms with Crippen molar-refractivity contribution in [2.45, 2.75) is 20.0 Å². The summed E-state index contributed by atoms with van der Waals surface area (Å²) in [4.78, 5) is 13.3. The Balaban J connectivity index is 1.70. The molecule has 1 saturated heterocycles. The van der Waals surface area contributed by atoms with Gasteiger partial charge in [-0.1, -0.05) is 13.8 Å². The number of nitrogens with one attached hydrogen (secondary N) is 1. The fraction of sp³-hybridized carbons (Fsp3) is 0.909. The van der Waals surface area contributed by atoms with Crippen molar-refractivity contribution in [2.24, 2.45) is 17.3 Å². The molecule has 2 aliphatic rings. The van der Waals surface area contributed by atoms with Crippen LogP contribution in [0.3, 0.4) is 0 Å². The van der Waals surface area contributed by atoms with Crippen LogP contribution in [0, 0.1) is 17.3 Å². The average Bonchev–Trinajstić information content (AvgIpc) is 2.61. The second kappa shape index (κ2) is 3.86. The van der Waals surface area contributed by atoms with E-state index in [2.05, 4.69) is 19.2 Å². The lowest BCUT2D eigenvalue weighted by molar-refractivity contribution is -0.134. The van der Waals surface area contributed by atoms with E-state index in [0.29, 0.717) is 30.3 Å². The number of amides is 1. The van der Waals surface area contributed by atoms with Crippen LogP contribution in [0.4, 0.5) is 13.2 Å². The van der Waals surface area contributed by atoms with Crippen LogP contribution < -0.4 is 5.32 Å². The molecular formula is C11H17F3N2O. The number of hydrogen-bond donors (Lipinski definition) is 1. The number of fused-ring (bicyclic) bond motifs is 1. The van der Waals surface area contributed by atoms with E-state index >= 15 is 0 Å². The maximum Gasteiger partial charge on any atom is 0.401 e. The van der Waals surface area contributed by atoms with E-state index in [1.807, 2.05) is 0 Å². The Morgan fingerprint density at radius 1 is 1.35 bits per heavy atom. The second-order valence-electron chi connectivity index (χ2n) is 5.55. The lowest BCUT2D eigenvalue weighted by atomic mass is 10.1. The van der Waals surface area contributed by atoms with Crippen molar-refractivity contribution in [1.29, 1.82) is 0 Å². The second-order valence-corrected chi connectivity index (χ2v) is 5.55. The lowest BCUT2D eigenvalue weighted by Gasteiger charge is -2.22. The monoisotopic (exact) mass is 250 g/mol. The number of carbonyl (C=O) groups is 1. The van der Waals surface area contributed by atoms with Gasteiger partial charge in [-0.25, -0.2) is 0 Å². The lowest BCUT2D eigenvalue weighted by Crippen LogP contribution is -2.41. The third-order valence-corrected chi connectivity index (χ3v) is 4.08. The summed E-state index contributed by atoms with van der Waals surface area (Å²) in [5.41, 5.74) is 0.316. The number of nitrogens with zero attached hydrogens (tertiary/aromatic N) is 1. The molecule has 2 atom stereocenters. The molecule has 2 rings (SSSR count). The Bertz CT molecular complexity index is 313. The van der Waals surface area contributed by atoms with E-state index in [1.54, 1.807) is 4.90 Å². The number of alkyl halides is 3. The fourth-order valence-corrected chi connectivity index (χ4v) is 2.76. The predicted molar refractivity (Wildman–Crippen MR) is 56.3 cm³/mol. The summed E-state index contributed by atoms with van der Waals surface area (Å²) in [6.45, 7) is 4.41. The molecule has 3 nitrogen and oxygen atoms in total. The SMILES string of the molecule is CC1(C)C2CN(C(=O)CNCC(F)(F)F)C[C@@H]21. The van der Waals surface area contributed by atoms with Crippen LogP contribution in [0.25, 0.3) is 0 Å². The number of hydrogen-bond acceptors (Lipinski definition) is 2. The van der Waals surface area contributed by atoms with E-state index in [9.17, 15) is 18.0 Å². The minimum atomic E-state index is -4.25. The largest absolute Gasteiger partial charge is 0.401 e. The smallest absolute Gasteiger partial charge is 0.341 e. The quantitative estimate of drug-likeness (QED) is 0.817. The van der Waals surface area contributed by atoms with Gasteiger partial charge in [0.05, 0.1) is 13.1 Å². The van der Waals surface area contributed by atoms with Gasteiger partial charge in [0.15, 0.2) is 0 Å². The molecule has 17 heavy (non-hydrogen) atoms. The van der Waals surface area contributed by atoms with Crippen molar-refractivity contribution in [1.82, 2.24) is 10.2 Å². The van der Waals surface area contributed by atoms with E-state index in [1.165, 1.54) is 0 Å². The van der Waals surface area contributed by atoms with Crippen LogP contribution in [0.5, 0.6) is 0 Å². The molecule has 1 saturated carbocycles. The number of halogens is 3. The van der Waals surface area contributed by atoms with E-state index < -0.39 is 12.7 Å². The van der Waals surface area contributed by atoms with Crippen LogP contribution in [0.1, 0.15) is 13.8 Å². The molecule has 0 aromatic carbocycles. The first-order chi connectivity index (χ1) is 7.72. The number of rotatable bonds is 3. The highest BCUT2D eigenvalue weighted by Gasteiger charge is 2.62. The third kappa shape index (κ3) is 2.56. The number of carbonyl (C=O) groups excluding carboxylic acids is 1. The molecule has 1 aliphatic heterocycles. The van der Waals surface area contributed by atoms with Crippen molar-refractivity contribution < 1.29 is 18.0 Å². The maximum atomic E-state index is 11.9. The summed E-state index contributed by atoms with van der Waals surface area (Å²) in [5, 5.41) is 2.14. The molecule has 2 fully saturated rings. The van der Waals surface area contributed by atoms with Gasteiger partial charge in [0, 0.05) is 13.1 Å². The van der Waals surface area contributed by atoms with Crippen molar-refractivity contribution in [2.75, 3.05) is 26.2 Å². The van der Waals surface area contributed by atoms with Crippen LogP contribution >= 0.6 is 0 Å². The van der Waals surface area contributed by atoms with Gasteiger partial charge in [-0.3, -0.25) is 4.79 Å². The van der Waals surface area contributed by atoms with Crippen LogP contribution in [-0.4, -0.2) is 43.2 Å². The van der Waals surface area contributed by atoms with E-state index in [-0.39, 0.29) is 12.5 Å². The highest BCUT2D eigenvalue weighted by atomic mass is 19.4. The molecule has 6 heteroatoms. The zero-order valence-corrected chi connectivity index (χ0v) is 9.97. The van der Waals surface area contributed by atoms with E-state index in [0.717, 1.165) is 0 Å². The summed E-state index contributed by atoms with van der Waals surface area (Å²) in [7, 11) is 0. The molecule has 1 heterocycles. The third-order valence-electron chi connectivity index (χ3n) is 4.08. The fourth-order valence-electron chi connectivity index (χ4n) is 2.76. The first-order valence-corrected chi connectivity index (χ1v) is 5.77. The zero-order valence-electron chi connectivity index (χ0n) is 9.97. The average molecular weight is 250 g/mol. The number of piperidine rings is 1. The molecule has 0 spiro atoms. The summed E-state index contributed by atoms with van der Waals surface area (Å²) in [5.74, 6) is 0.848. The molecule has 1 amide bonds. The van der Waals surface area contributed by atoms with Gasteiger partial charge >= 0.3 is 6.18 Å². The van der Waals surface area contributed by atoms with Crippen molar-refractivity contribution in [3.05, 3.63) is 0 Å². The van der Waals surface area contributed by atoms with Gasteiger partial charge in [-0.05, 0) is 17.3 Å². The Morgan fingerprint density at radius 2 is 1.88 bits per heavy atom. The molecule has 98 valence electrons. The Morgan fingerprint density at radius 3 is 2.35 bits per heavy atom. The Labute approximate surface area is 98.3 Å². The van der Waals surface area contributed by atoms with Crippen molar-refractivity contribution in [3.8, 4) is 0 Å².